The zero-order chi connectivity index (χ0) is 13.2. The predicted octanol–water partition coefficient (Wildman–Crippen LogP) is 0.115. The molecule has 6 heteroatoms. The zero-order valence-corrected chi connectivity index (χ0v) is 11.9. The number of aliphatic hydroxyl groups is 1. The van der Waals surface area contributed by atoms with Gasteiger partial charge in [0.1, 0.15) is 0 Å². The number of hydrogen-bond donors (Lipinski definition) is 1. The van der Waals surface area contributed by atoms with Crippen LogP contribution in [0.15, 0.2) is 0 Å². The third-order valence-corrected chi connectivity index (χ3v) is 5.29. The molecule has 2 aliphatic heterocycles. The molecule has 2 saturated heterocycles. The molecular weight excluding hydrogens is 252 g/mol. The molecule has 18 heavy (non-hydrogen) atoms. The summed E-state index contributed by atoms with van der Waals surface area (Å²) in [5, 5.41) is 9.47. The fraction of sp³-hybridized carbons (Fsp3) is 1.00. The summed E-state index contributed by atoms with van der Waals surface area (Å²) >= 11 is 0. The Bertz CT molecular complexity index is 364. The summed E-state index contributed by atoms with van der Waals surface area (Å²) in [6.07, 6.45) is 4.94. The average molecular weight is 276 g/mol. The highest BCUT2D eigenvalue weighted by molar-refractivity contribution is 7.88. The minimum absolute atomic E-state index is 0.139. The molecule has 2 rings (SSSR count). The normalized spacial score (nSPS) is 29.6. The number of piperidine rings is 2. The van der Waals surface area contributed by atoms with E-state index in [2.05, 4.69) is 4.90 Å². The Balaban J connectivity index is 1.83. The van der Waals surface area contributed by atoms with E-state index in [0.717, 1.165) is 45.3 Å². The minimum Gasteiger partial charge on any atom is -0.393 e. The van der Waals surface area contributed by atoms with Gasteiger partial charge in [-0.25, -0.2) is 12.7 Å². The fourth-order valence-electron chi connectivity index (χ4n) is 2.94. The predicted molar refractivity (Wildman–Crippen MR) is 70.8 cm³/mol. The molecule has 0 aromatic rings. The molecular formula is C12H24N2O3S. The van der Waals surface area contributed by atoms with Crippen molar-refractivity contribution in [3.05, 3.63) is 0 Å². The maximum Gasteiger partial charge on any atom is 0.211 e. The van der Waals surface area contributed by atoms with Gasteiger partial charge in [0.25, 0.3) is 0 Å². The van der Waals surface area contributed by atoms with Crippen LogP contribution in [0.25, 0.3) is 0 Å². The Hall–Kier alpha value is -0.170. The first kappa shape index (κ1) is 14.2. The second kappa shape index (κ2) is 5.86. The fourth-order valence-corrected chi connectivity index (χ4v) is 3.89. The van der Waals surface area contributed by atoms with Gasteiger partial charge in [-0.05, 0) is 31.6 Å². The first-order valence-corrected chi connectivity index (χ1v) is 8.65. The van der Waals surface area contributed by atoms with Crippen LogP contribution >= 0.6 is 0 Å². The Morgan fingerprint density at radius 1 is 1.17 bits per heavy atom. The monoisotopic (exact) mass is 276 g/mol. The highest BCUT2D eigenvalue weighted by atomic mass is 32.2. The van der Waals surface area contributed by atoms with Crippen molar-refractivity contribution in [3.63, 3.8) is 0 Å². The Kier molecular flexibility index (Phi) is 4.64. The lowest BCUT2D eigenvalue weighted by Crippen LogP contribution is -2.45. The zero-order valence-electron chi connectivity index (χ0n) is 11.1. The highest BCUT2D eigenvalue weighted by Crippen LogP contribution is 2.21. The number of likely N-dealkylation sites (tertiary alicyclic amines) is 1. The molecule has 0 radical (unpaired) electrons. The van der Waals surface area contributed by atoms with Crippen LogP contribution in [-0.2, 0) is 10.0 Å². The van der Waals surface area contributed by atoms with Crippen molar-refractivity contribution in [2.45, 2.75) is 31.8 Å². The van der Waals surface area contributed by atoms with Crippen LogP contribution in [-0.4, -0.2) is 67.8 Å². The van der Waals surface area contributed by atoms with Gasteiger partial charge in [0.2, 0.25) is 10.0 Å². The SMILES string of the molecule is CS(=O)(=O)N1CCCC(CN2CCC(O)CC2)C1. The first-order chi connectivity index (χ1) is 8.45. The molecule has 2 fully saturated rings. The van der Waals surface area contributed by atoms with Crippen molar-refractivity contribution >= 4 is 10.0 Å². The van der Waals surface area contributed by atoms with E-state index < -0.39 is 10.0 Å². The topological polar surface area (TPSA) is 60.9 Å². The summed E-state index contributed by atoms with van der Waals surface area (Å²) in [6, 6.07) is 0. The lowest BCUT2D eigenvalue weighted by atomic mass is 9.97. The smallest absolute Gasteiger partial charge is 0.211 e. The molecule has 5 nitrogen and oxygen atoms in total. The van der Waals surface area contributed by atoms with Gasteiger partial charge in [-0.2, -0.15) is 0 Å². The van der Waals surface area contributed by atoms with Gasteiger partial charge in [-0.3, -0.25) is 0 Å². The van der Waals surface area contributed by atoms with Crippen LogP contribution in [0.2, 0.25) is 0 Å². The van der Waals surface area contributed by atoms with E-state index in [-0.39, 0.29) is 6.10 Å². The van der Waals surface area contributed by atoms with E-state index in [1.54, 1.807) is 4.31 Å². The second-order valence-corrected chi connectivity index (χ2v) is 7.64. The molecule has 0 spiro atoms. The summed E-state index contributed by atoms with van der Waals surface area (Å²) in [5.74, 6) is 0.448. The van der Waals surface area contributed by atoms with E-state index >= 15 is 0 Å². The van der Waals surface area contributed by atoms with Gasteiger partial charge in [0, 0.05) is 32.7 Å². The number of rotatable bonds is 3. The summed E-state index contributed by atoms with van der Waals surface area (Å²) in [5.41, 5.74) is 0. The number of nitrogens with zero attached hydrogens (tertiary/aromatic N) is 2. The van der Waals surface area contributed by atoms with Gasteiger partial charge >= 0.3 is 0 Å². The molecule has 1 unspecified atom stereocenters. The van der Waals surface area contributed by atoms with Crippen molar-refractivity contribution in [2.24, 2.45) is 5.92 Å². The van der Waals surface area contributed by atoms with Crippen LogP contribution in [0, 0.1) is 5.92 Å². The molecule has 0 aliphatic carbocycles. The molecule has 0 aromatic heterocycles. The van der Waals surface area contributed by atoms with Crippen LogP contribution in [0.4, 0.5) is 0 Å². The van der Waals surface area contributed by atoms with Gasteiger partial charge < -0.3 is 10.0 Å². The quantitative estimate of drug-likeness (QED) is 0.795. The van der Waals surface area contributed by atoms with Crippen molar-refractivity contribution in [1.82, 2.24) is 9.21 Å². The average Bonchev–Trinajstić information content (AvgIpc) is 2.31. The lowest BCUT2D eigenvalue weighted by molar-refractivity contribution is 0.0689. The Morgan fingerprint density at radius 3 is 2.44 bits per heavy atom. The van der Waals surface area contributed by atoms with Gasteiger partial charge in [0.15, 0.2) is 0 Å². The molecule has 0 saturated carbocycles. The molecule has 0 amide bonds. The van der Waals surface area contributed by atoms with Crippen LogP contribution in [0.1, 0.15) is 25.7 Å². The number of hydrogen-bond acceptors (Lipinski definition) is 4. The molecule has 2 heterocycles. The van der Waals surface area contributed by atoms with E-state index in [4.69, 9.17) is 0 Å². The molecule has 1 N–H and O–H groups in total. The van der Waals surface area contributed by atoms with Gasteiger partial charge in [-0.15, -0.1) is 0 Å². The Morgan fingerprint density at radius 2 is 1.83 bits per heavy atom. The highest BCUT2D eigenvalue weighted by Gasteiger charge is 2.28. The first-order valence-electron chi connectivity index (χ1n) is 6.80. The molecule has 106 valence electrons. The van der Waals surface area contributed by atoms with Gasteiger partial charge in [0.05, 0.1) is 12.4 Å². The van der Waals surface area contributed by atoms with Crippen molar-refractivity contribution in [2.75, 3.05) is 39.0 Å². The third-order valence-electron chi connectivity index (χ3n) is 4.02. The largest absolute Gasteiger partial charge is 0.393 e. The molecule has 1 atom stereocenters. The Labute approximate surface area is 110 Å². The van der Waals surface area contributed by atoms with E-state index in [1.807, 2.05) is 0 Å². The number of sulfonamides is 1. The molecule has 0 aromatic carbocycles. The van der Waals surface area contributed by atoms with Gasteiger partial charge in [-0.1, -0.05) is 0 Å². The van der Waals surface area contributed by atoms with E-state index in [9.17, 15) is 13.5 Å². The van der Waals surface area contributed by atoms with Crippen molar-refractivity contribution in [1.29, 1.82) is 0 Å². The summed E-state index contributed by atoms with van der Waals surface area (Å²) in [4.78, 5) is 2.36. The van der Waals surface area contributed by atoms with E-state index in [1.165, 1.54) is 6.26 Å². The maximum absolute atomic E-state index is 11.5. The summed E-state index contributed by atoms with van der Waals surface area (Å²) in [6.45, 7) is 4.19. The summed E-state index contributed by atoms with van der Waals surface area (Å²) < 4.78 is 24.7. The third kappa shape index (κ3) is 3.91. The minimum atomic E-state index is -3.03. The number of aliphatic hydroxyl groups excluding tert-OH is 1. The van der Waals surface area contributed by atoms with E-state index in [0.29, 0.717) is 19.0 Å². The standard InChI is InChI=1S/C12H24N2O3S/c1-18(16,17)14-6-2-3-11(10-14)9-13-7-4-12(15)5-8-13/h11-12,15H,2-10H2,1H3. The molecule has 2 aliphatic rings. The molecule has 0 bridgehead atoms. The van der Waals surface area contributed by atoms with Crippen LogP contribution in [0.5, 0.6) is 0 Å². The maximum atomic E-state index is 11.5. The summed E-state index contributed by atoms with van der Waals surface area (Å²) in [7, 11) is -3.03. The lowest BCUT2D eigenvalue weighted by Gasteiger charge is -2.36. The van der Waals surface area contributed by atoms with Crippen molar-refractivity contribution in [3.8, 4) is 0 Å². The van der Waals surface area contributed by atoms with Crippen molar-refractivity contribution < 1.29 is 13.5 Å². The second-order valence-electron chi connectivity index (χ2n) is 5.66. The van der Waals surface area contributed by atoms with Crippen LogP contribution < -0.4 is 0 Å². The van der Waals surface area contributed by atoms with Crippen LogP contribution in [0.3, 0.4) is 0 Å².